The van der Waals surface area contributed by atoms with Crippen molar-refractivity contribution in [3.05, 3.63) is 54.5 Å². The van der Waals surface area contributed by atoms with Gasteiger partial charge < -0.3 is 54.2 Å². The van der Waals surface area contributed by atoms with Crippen LogP contribution in [0.25, 0.3) is 33.4 Å². The van der Waals surface area contributed by atoms with Crippen LogP contribution in [0.2, 0.25) is 0 Å². The fourth-order valence-corrected chi connectivity index (χ4v) is 7.28. The molecule has 5 amide bonds. The van der Waals surface area contributed by atoms with Gasteiger partial charge in [-0.2, -0.15) is 0 Å². The number of amides is 5. The number of aromatic amines is 1. The van der Waals surface area contributed by atoms with Gasteiger partial charge in [-0.15, -0.1) is 0 Å². The summed E-state index contributed by atoms with van der Waals surface area (Å²) in [6, 6.07) is 10.4. The van der Waals surface area contributed by atoms with Crippen molar-refractivity contribution in [2.45, 2.75) is 75.9 Å². The minimum Gasteiger partial charge on any atom is -0.453 e. The molecule has 0 radical (unpaired) electrons. The number of carbonyl (C=O) groups excluding carboxylic acids is 5. The van der Waals surface area contributed by atoms with E-state index < -0.39 is 54.3 Å². The van der Waals surface area contributed by atoms with Crippen LogP contribution in [0, 0.1) is 0 Å². The van der Waals surface area contributed by atoms with Crippen molar-refractivity contribution in [3.8, 4) is 22.4 Å². The second kappa shape index (κ2) is 17.8. The molecule has 6 atom stereocenters. The summed E-state index contributed by atoms with van der Waals surface area (Å²) in [5.74, 6) is -0.277. The molecule has 0 unspecified atom stereocenters. The molecule has 0 saturated carbocycles. The highest BCUT2D eigenvalue weighted by atomic mass is 16.5. The van der Waals surface area contributed by atoms with Gasteiger partial charge in [0.25, 0.3) is 0 Å². The summed E-state index contributed by atoms with van der Waals surface area (Å²) in [6.45, 7) is 4.21. The lowest BCUT2D eigenvalue weighted by Gasteiger charge is -2.30. The molecule has 2 saturated heterocycles. The summed E-state index contributed by atoms with van der Waals surface area (Å²) in [6.07, 6.45) is 1.53. The summed E-state index contributed by atoms with van der Waals surface area (Å²) >= 11 is 0. The number of methoxy groups -OCH3 is 4. The number of ether oxygens (including phenoxy) is 4. The number of nitrogens with one attached hydrogen (secondary N) is 4. The Hall–Kier alpha value is -6.01. The highest BCUT2D eigenvalue weighted by Gasteiger charge is 2.41. The maximum atomic E-state index is 13.6. The van der Waals surface area contributed by atoms with E-state index in [0.29, 0.717) is 49.1 Å². The van der Waals surface area contributed by atoms with Crippen LogP contribution < -0.4 is 16.0 Å². The average Bonchev–Trinajstić information content (AvgIpc) is 4.08. The van der Waals surface area contributed by atoms with Crippen LogP contribution in [0.4, 0.5) is 15.4 Å². The second-order valence-electron chi connectivity index (χ2n) is 14.0. The Kier molecular flexibility index (Phi) is 12.7. The summed E-state index contributed by atoms with van der Waals surface area (Å²) in [7, 11) is 5.35. The number of nitrogens with zero attached hydrogens (tertiary/aromatic N) is 4. The Morgan fingerprint density at radius 3 is 2.00 bits per heavy atom. The number of H-pyrrole nitrogens is 1. The molecule has 4 aromatic rings. The van der Waals surface area contributed by atoms with E-state index in [-0.39, 0.29) is 17.8 Å². The number of hydrogen-bond acceptors (Lipinski definition) is 12. The number of benzene rings is 2. The lowest BCUT2D eigenvalue weighted by atomic mass is 10.0. The SMILES string of the molecule is COC(=O)N[C@H](C(=O)N1CCC[C@H]1C(=O)Nc1noc2cc(-c3ccc(-c4cnc([C@@H]5CCCN5C(=O)[C@@H](NC(=O)OC)[C@@H](C)OC)[nH]4)cc3)ccc12)[C@@H](C)OC. The van der Waals surface area contributed by atoms with Crippen molar-refractivity contribution >= 4 is 46.7 Å². The monoisotopic (exact) mass is 788 g/mol. The van der Waals surface area contributed by atoms with Gasteiger partial charge in [-0.05, 0) is 68.4 Å². The molecule has 304 valence electrons. The van der Waals surface area contributed by atoms with E-state index in [4.69, 9.17) is 18.7 Å². The Labute approximate surface area is 328 Å². The summed E-state index contributed by atoms with van der Waals surface area (Å²) < 4.78 is 25.7. The number of imidazole rings is 1. The van der Waals surface area contributed by atoms with Gasteiger partial charge >= 0.3 is 12.2 Å². The minimum absolute atomic E-state index is 0.228. The van der Waals surface area contributed by atoms with Gasteiger partial charge in [0, 0.05) is 27.3 Å². The number of fused-ring (bicyclic) bond motifs is 1. The quantitative estimate of drug-likeness (QED) is 0.151. The van der Waals surface area contributed by atoms with Crippen LogP contribution >= 0.6 is 0 Å². The van der Waals surface area contributed by atoms with Crippen LogP contribution in [0.15, 0.2) is 53.2 Å². The van der Waals surface area contributed by atoms with Gasteiger partial charge in [0.1, 0.15) is 23.9 Å². The summed E-state index contributed by atoms with van der Waals surface area (Å²) in [5.41, 5.74) is 3.90. The Balaban J connectivity index is 1.12. The van der Waals surface area contributed by atoms with Gasteiger partial charge in [-0.25, -0.2) is 14.6 Å². The summed E-state index contributed by atoms with van der Waals surface area (Å²) in [4.78, 5) is 75.7. The third-order valence-corrected chi connectivity index (χ3v) is 10.7. The number of anilines is 1. The van der Waals surface area contributed by atoms with Crippen molar-refractivity contribution in [3.63, 3.8) is 0 Å². The average molecular weight is 789 g/mol. The first-order chi connectivity index (χ1) is 27.5. The van der Waals surface area contributed by atoms with Crippen molar-refractivity contribution < 1.29 is 47.4 Å². The third-order valence-electron chi connectivity index (χ3n) is 10.7. The topological polar surface area (TPSA) is 220 Å². The van der Waals surface area contributed by atoms with Crippen molar-refractivity contribution in [2.24, 2.45) is 0 Å². The maximum absolute atomic E-state index is 13.6. The fraction of sp³-hybridized carbons (Fsp3) is 0.462. The lowest BCUT2D eigenvalue weighted by molar-refractivity contribution is -0.141. The van der Waals surface area contributed by atoms with E-state index >= 15 is 0 Å². The van der Waals surface area contributed by atoms with E-state index in [1.807, 2.05) is 42.5 Å². The fourth-order valence-electron chi connectivity index (χ4n) is 7.28. The lowest BCUT2D eigenvalue weighted by Crippen LogP contribution is -2.56. The molecule has 0 spiro atoms. The summed E-state index contributed by atoms with van der Waals surface area (Å²) in [5, 5.41) is 12.6. The van der Waals surface area contributed by atoms with E-state index in [1.165, 1.54) is 33.3 Å². The number of aromatic nitrogens is 3. The van der Waals surface area contributed by atoms with E-state index in [2.05, 4.69) is 35.8 Å². The zero-order valence-corrected chi connectivity index (χ0v) is 32.7. The van der Waals surface area contributed by atoms with Crippen molar-refractivity contribution in [1.29, 1.82) is 0 Å². The predicted octanol–water partition coefficient (Wildman–Crippen LogP) is 4.00. The zero-order valence-electron chi connectivity index (χ0n) is 32.7. The molecule has 0 aliphatic carbocycles. The van der Waals surface area contributed by atoms with Gasteiger partial charge in [0.15, 0.2) is 11.4 Å². The zero-order chi connectivity index (χ0) is 40.8. The molecule has 0 bridgehead atoms. The van der Waals surface area contributed by atoms with Crippen LogP contribution in [0.3, 0.4) is 0 Å². The molecule has 18 heteroatoms. The molecule has 2 aromatic carbocycles. The van der Waals surface area contributed by atoms with Crippen LogP contribution in [0.1, 0.15) is 51.4 Å². The van der Waals surface area contributed by atoms with E-state index in [0.717, 1.165) is 28.8 Å². The Morgan fingerprint density at radius 1 is 0.789 bits per heavy atom. The highest BCUT2D eigenvalue weighted by Crippen LogP contribution is 2.34. The molecule has 2 fully saturated rings. The second-order valence-corrected chi connectivity index (χ2v) is 14.0. The predicted molar refractivity (Wildman–Crippen MR) is 206 cm³/mol. The van der Waals surface area contributed by atoms with Gasteiger partial charge in [-0.3, -0.25) is 14.4 Å². The van der Waals surface area contributed by atoms with Gasteiger partial charge in [-0.1, -0.05) is 35.5 Å². The molecule has 4 heterocycles. The Bertz CT molecular complexity index is 2080. The van der Waals surface area contributed by atoms with Crippen molar-refractivity contribution in [1.82, 2.24) is 35.6 Å². The first-order valence-corrected chi connectivity index (χ1v) is 18.7. The maximum Gasteiger partial charge on any atom is 0.407 e. The number of carbonyl (C=O) groups is 5. The number of likely N-dealkylation sites (tertiary alicyclic amines) is 2. The molecule has 2 aliphatic rings. The first-order valence-electron chi connectivity index (χ1n) is 18.7. The molecule has 18 nitrogen and oxygen atoms in total. The van der Waals surface area contributed by atoms with Gasteiger partial charge in [0.2, 0.25) is 17.7 Å². The molecule has 6 rings (SSSR count). The number of alkyl carbamates (subject to hydrolysis) is 2. The standard InChI is InChI=1S/C39H48N8O10/c1-21(53-3)31(42-38(51)55-5)36(49)46-17-7-9-28(46)34-40-20-27(41-34)24-13-11-23(12-14-24)25-15-16-26-30(19-25)57-45-33(26)44-35(48)29-10-8-18-47(29)37(50)32(22(2)54-4)43-39(52)56-6/h11-16,19-22,28-29,31-32H,7-10,17-18H2,1-6H3,(H,40,41)(H,42,51)(H,43,52)(H,44,45,48)/t21-,22-,28+,29+,31+,32+/m1/s1. The normalized spacial score (nSPS) is 18.8. The van der Waals surface area contributed by atoms with Crippen LogP contribution in [0.5, 0.6) is 0 Å². The van der Waals surface area contributed by atoms with Gasteiger partial charge in [0.05, 0.1) is 49.7 Å². The van der Waals surface area contributed by atoms with E-state index in [1.54, 1.807) is 24.9 Å². The highest BCUT2D eigenvalue weighted by molar-refractivity contribution is 6.03. The van der Waals surface area contributed by atoms with E-state index in [9.17, 15) is 24.0 Å². The third kappa shape index (κ3) is 8.71. The molecular weight excluding hydrogens is 740 g/mol. The van der Waals surface area contributed by atoms with Crippen molar-refractivity contribution in [2.75, 3.05) is 46.8 Å². The first kappa shape index (κ1) is 40.6. The largest absolute Gasteiger partial charge is 0.453 e. The smallest absolute Gasteiger partial charge is 0.407 e. The van der Waals surface area contributed by atoms with Crippen LogP contribution in [-0.4, -0.2) is 127 Å². The molecular formula is C39H48N8O10. The molecule has 2 aliphatic heterocycles. The Morgan fingerprint density at radius 2 is 1.37 bits per heavy atom. The number of hydrogen-bond donors (Lipinski definition) is 4. The minimum atomic E-state index is -1.05. The molecule has 2 aromatic heterocycles. The molecule has 4 N–H and O–H groups in total. The molecule has 57 heavy (non-hydrogen) atoms. The number of rotatable bonds is 13. The van der Waals surface area contributed by atoms with Crippen LogP contribution in [-0.2, 0) is 33.3 Å².